The minimum absolute atomic E-state index is 0.0331. The zero-order valence-electron chi connectivity index (χ0n) is 10.7. The number of rotatable bonds is 2. The number of morpholine rings is 1. The maximum Gasteiger partial charge on any atom is 0.253 e. The van der Waals surface area contributed by atoms with Gasteiger partial charge in [0.15, 0.2) is 5.60 Å². The third-order valence-corrected chi connectivity index (χ3v) is 3.72. The van der Waals surface area contributed by atoms with Crippen molar-refractivity contribution < 1.29 is 14.3 Å². The fourth-order valence-electron chi connectivity index (χ4n) is 2.66. The lowest BCUT2D eigenvalue weighted by atomic mass is 9.99. The normalized spacial score (nSPS) is 32.4. The summed E-state index contributed by atoms with van der Waals surface area (Å²) in [6, 6.07) is 0.539. The number of nitrogens with zero attached hydrogens (tertiary/aromatic N) is 1. The Balaban J connectivity index is 1.98. The van der Waals surface area contributed by atoms with E-state index >= 15 is 0 Å². The molecule has 1 amide bonds. The molecule has 2 aliphatic heterocycles. The highest BCUT2D eigenvalue weighted by molar-refractivity contribution is 5.84. The van der Waals surface area contributed by atoms with Gasteiger partial charge in [-0.25, -0.2) is 0 Å². The maximum atomic E-state index is 11.8. The summed E-state index contributed by atoms with van der Waals surface area (Å²) in [6.45, 7) is 5.75. The zero-order valence-corrected chi connectivity index (χ0v) is 10.7. The van der Waals surface area contributed by atoms with Gasteiger partial charge in [0.25, 0.3) is 5.91 Å². The first-order valence-electron chi connectivity index (χ1n) is 6.33. The number of hydrogen-bond acceptors (Lipinski definition) is 4. The van der Waals surface area contributed by atoms with E-state index in [1.807, 2.05) is 6.92 Å². The van der Waals surface area contributed by atoms with Crippen LogP contribution < -0.4 is 5.32 Å². The standard InChI is InChI=1S/C12H22N2O3/c1-12(11(15)13-2)9-14(5-8-17-12)10-3-6-16-7-4-10/h10H,3-9H2,1-2H3,(H,13,15). The molecule has 0 bridgehead atoms. The first kappa shape index (κ1) is 12.8. The van der Waals surface area contributed by atoms with E-state index in [2.05, 4.69) is 10.2 Å². The molecule has 0 spiro atoms. The van der Waals surface area contributed by atoms with Crippen LogP contribution in [-0.2, 0) is 14.3 Å². The Morgan fingerprint density at radius 3 is 2.71 bits per heavy atom. The summed E-state index contributed by atoms with van der Waals surface area (Å²) < 4.78 is 11.0. The number of likely N-dealkylation sites (N-methyl/N-ethyl adjacent to an activating group) is 1. The highest BCUT2D eigenvalue weighted by atomic mass is 16.5. The predicted molar refractivity (Wildman–Crippen MR) is 63.8 cm³/mol. The quantitative estimate of drug-likeness (QED) is 0.740. The van der Waals surface area contributed by atoms with Crippen molar-refractivity contribution in [1.82, 2.24) is 10.2 Å². The molecule has 5 heteroatoms. The molecule has 0 aromatic rings. The second-order valence-electron chi connectivity index (χ2n) is 4.97. The van der Waals surface area contributed by atoms with Crippen LogP contribution in [0.1, 0.15) is 19.8 Å². The molecule has 0 aromatic heterocycles. The maximum absolute atomic E-state index is 11.8. The van der Waals surface area contributed by atoms with E-state index in [0.717, 1.165) is 32.6 Å². The molecule has 0 saturated carbocycles. The smallest absolute Gasteiger partial charge is 0.253 e. The van der Waals surface area contributed by atoms with Gasteiger partial charge in [-0.15, -0.1) is 0 Å². The molecule has 2 saturated heterocycles. The van der Waals surface area contributed by atoms with Crippen molar-refractivity contribution in [2.75, 3.05) is 40.0 Å². The number of nitrogens with one attached hydrogen (secondary N) is 1. The Bertz CT molecular complexity index is 279. The Morgan fingerprint density at radius 1 is 1.35 bits per heavy atom. The molecule has 2 aliphatic rings. The molecule has 2 fully saturated rings. The molecule has 17 heavy (non-hydrogen) atoms. The van der Waals surface area contributed by atoms with E-state index in [9.17, 15) is 4.79 Å². The van der Waals surface area contributed by atoms with Crippen LogP contribution in [0.4, 0.5) is 0 Å². The van der Waals surface area contributed by atoms with Gasteiger partial charge in [0, 0.05) is 39.4 Å². The van der Waals surface area contributed by atoms with E-state index < -0.39 is 5.60 Å². The Hall–Kier alpha value is -0.650. The number of hydrogen-bond donors (Lipinski definition) is 1. The van der Waals surface area contributed by atoms with Gasteiger partial charge in [0.05, 0.1) is 6.61 Å². The fraction of sp³-hybridized carbons (Fsp3) is 0.917. The summed E-state index contributed by atoms with van der Waals surface area (Å²) in [6.07, 6.45) is 2.12. The van der Waals surface area contributed by atoms with Crippen molar-refractivity contribution in [3.8, 4) is 0 Å². The van der Waals surface area contributed by atoms with Gasteiger partial charge in [0.2, 0.25) is 0 Å². The SMILES string of the molecule is CNC(=O)C1(C)CN(C2CCOCC2)CCO1. The fourth-order valence-corrected chi connectivity index (χ4v) is 2.66. The van der Waals surface area contributed by atoms with Gasteiger partial charge in [-0.1, -0.05) is 0 Å². The molecule has 0 aromatic carbocycles. The molecule has 0 aliphatic carbocycles. The van der Waals surface area contributed by atoms with Gasteiger partial charge in [-0.2, -0.15) is 0 Å². The van der Waals surface area contributed by atoms with Gasteiger partial charge >= 0.3 is 0 Å². The second kappa shape index (κ2) is 5.33. The molecule has 2 heterocycles. The van der Waals surface area contributed by atoms with Crippen LogP contribution >= 0.6 is 0 Å². The van der Waals surface area contributed by atoms with Crippen LogP contribution in [0.3, 0.4) is 0 Å². The number of carbonyl (C=O) groups is 1. The topological polar surface area (TPSA) is 50.8 Å². The van der Waals surface area contributed by atoms with Crippen LogP contribution in [0.2, 0.25) is 0 Å². The molecule has 5 nitrogen and oxygen atoms in total. The van der Waals surface area contributed by atoms with E-state index in [4.69, 9.17) is 9.47 Å². The predicted octanol–water partition coefficient (Wildman–Crippen LogP) is 0.00230. The van der Waals surface area contributed by atoms with Crippen LogP contribution in [0.15, 0.2) is 0 Å². The van der Waals surface area contributed by atoms with Gasteiger partial charge in [0.1, 0.15) is 0 Å². The van der Waals surface area contributed by atoms with Crippen molar-refractivity contribution in [2.45, 2.75) is 31.4 Å². The van der Waals surface area contributed by atoms with E-state index in [1.54, 1.807) is 7.05 Å². The highest BCUT2D eigenvalue weighted by Gasteiger charge is 2.40. The third kappa shape index (κ3) is 2.78. The van der Waals surface area contributed by atoms with Gasteiger partial charge in [-0.05, 0) is 19.8 Å². The van der Waals surface area contributed by atoms with E-state index in [0.29, 0.717) is 19.2 Å². The second-order valence-corrected chi connectivity index (χ2v) is 4.97. The summed E-state index contributed by atoms with van der Waals surface area (Å²) in [5, 5.41) is 2.68. The average Bonchev–Trinajstić information content (AvgIpc) is 2.39. The summed E-state index contributed by atoms with van der Waals surface area (Å²) in [7, 11) is 1.66. The largest absolute Gasteiger partial charge is 0.381 e. The molecular weight excluding hydrogens is 220 g/mol. The Morgan fingerprint density at radius 2 is 2.06 bits per heavy atom. The average molecular weight is 242 g/mol. The zero-order chi connectivity index (χ0) is 12.3. The van der Waals surface area contributed by atoms with Gasteiger partial charge < -0.3 is 14.8 Å². The summed E-state index contributed by atoms with van der Waals surface area (Å²) in [5.41, 5.74) is -0.703. The van der Waals surface area contributed by atoms with E-state index in [-0.39, 0.29) is 5.91 Å². The molecule has 1 atom stereocenters. The van der Waals surface area contributed by atoms with Crippen LogP contribution in [0.5, 0.6) is 0 Å². The number of amides is 1. The van der Waals surface area contributed by atoms with Crippen molar-refractivity contribution in [2.24, 2.45) is 0 Å². The summed E-state index contributed by atoms with van der Waals surface area (Å²) >= 11 is 0. The molecule has 1 N–H and O–H groups in total. The van der Waals surface area contributed by atoms with Crippen molar-refractivity contribution in [1.29, 1.82) is 0 Å². The van der Waals surface area contributed by atoms with Crippen LogP contribution in [0.25, 0.3) is 0 Å². The lowest BCUT2D eigenvalue weighted by Gasteiger charge is -2.43. The van der Waals surface area contributed by atoms with Crippen LogP contribution in [-0.4, -0.2) is 62.4 Å². The first-order valence-corrected chi connectivity index (χ1v) is 6.33. The third-order valence-electron chi connectivity index (χ3n) is 3.72. The summed E-state index contributed by atoms with van der Waals surface area (Å²) in [5.74, 6) is -0.0331. The lowest BCUT2D eigenvalue weighted by molar-refractivity contribution is -0.160. The summed E-state index contributed by atoms with van der Waals surface area (Å²) in [4.78, 5) is 14.2. The molecule has 2 rings (SSSR count). The minimum atomic E-state index is -0.703. The van der Waals surface area contributed by atoms with Crippen molar-refractivity contribution in [3.05, 3.63) is 0 Å². The number of ether oxygens (including phenoxy) is 2. The first-order chi connectivity index (χ1) is 8.15. The van der Waals surface area contributed by atoms with Crippen molar-refractivity contribution in [3.63, 3.8) is 0 Å². The van der Waals surface area contributed by atoms with Crippen LogP contribution in [0, 0.1) is 0 Å². The lowest BCUT2D eigenvalue weighted by Crippen LogP contribution is -2.60. The monoisotopic (exact) mass is 242 g/mol. The minimum Gasteiger partial charge on any atom is -0.381 e. The van der Waals surface area contributed by atoms with Crippen molar-refractivity contribution >= 4 is 5.91 Å². The Kier molecular flexibility index (Phi) is 4.01. The van der Waals surface area contributed by atoms with Gasteiger partial charge in [-0.3, -0.25) is 9.69 Å². The molecular formula is C12H22N2O3. The Labute approximate surface area is 102 Å². The molecule has 98 valence electrons. The number of carbonyl (C=O) groups excluding carboxylic acids is 1. The molecule has 1 unspecified atom stereocenters. The van der Waals surface area contributed by atoms with E-state index in [1.165, 1.54) is 0 Å². The highest BCUT2D eigenvalue weighted by Crippen LogP contribution is 2.23. The molecule has 0 radical (unpaired) electrons.